The fourth-order valence-electron chi connectivity index (χ4n) is 1.97. The highest BCUT2D eigenvalue weighted by Crippen LogP contribution is 2.31. The second kappa shape index (κ2) is 6.75. The van der Waals surface area contributed by atoms with Gasteiger partial charge in [-0.25, -0.2) is 0 Å². The van der Waals surface area contributed by atoms with Crippen molar-refractivity contribution in [3.8, 4) is 0 Å². The highest BCUT2D eigenvalue weighted by atomic mass is 35.5. The molecule has 0 aliphatic rings. The monoisotopic (exact) mass is 254 g/mol. The highest BCUT2D eigenvalue weighted by Gasteiger charge is 2.14. The zero-order chi connectivity index (χ0) is 12.8. The molecule has 0 fully saturated rings. The number of hydrogen-bond donors (Lipinski definition) is 1. The van der Waals surface area contributed by atoms with Crippen molar-refractivity contribution in [2.24, 2.45) is 0 Å². The lowest BCUT2D eigenvalue weighted by Gasteiger charge is -2.30. The van der Waals surface area contributed by atoms with Crippen molar-refractivity contribution in [3.05, 3.63) is 23.2 Å². The molecule has 0 aromatic heterocycles. The predicted molar refractivity (Wildman–Crippen MR) is 77.9 cm³/mol. The van der Waals surface area contributed by atoms with Crippen LogP contribution in [0.4, 0.5) is 11.4 Å². The summed E-state index contributed by atoms with van der Waals surface area (Å²) >= 11 is 6.07. The fourth-order valence-corrected chi connectivity index (χ4v) is 2.13. The van der Waals surface area contributed by atoms with E-state index in [9.17, 15) is 0 Å². The molecule has 0 spiro atoms. The zero-order valence-electron chi connectivity index (χ0n) is 11.0. The van der Waals surface area contributed by atoms with Gasteiger partial charge in [-0.05, 0) is 32.4 Å². The van der Waals surface area contributed by atoms with Crippen LogP contribution in [0.3, 0.4) is 0 Å². The van der Waals surface area contributed by atoms with Gasteiger partial charge >= 0.3 is 0 Å². The molecule has 3 heteroatoms. The molecule has 2 nitrogen and oxygen atoms in total. The van der Waals surface area contributed by atoms with E-state index in [4.69, 9.17) is 17.3 Å². The Morgan fingerprint density at radius 1 is 1.29 bits per heavy atom. The van der Waals surface area contributed by atoms with Crippen molar-refractivity contribution in [1.82, 2.24) is 0 Å². The minimum atomic E-state index is 0.438. The lowest BCUT2D eigenvalue weighted by molar-refractivity contribution is 0.626. The molecule has 96 valence electrons. The first-order chi connectivity index (χ1) is 8.07. The summed E-state index contributed by atoms with van der Waals surface area (Å²) in [5.74, 6) is 0. The van der Waals surface area contributed by atoms with Gasteiger partial charge in [0.05, 0.1) is 16.4 Å². The van der Waals surface area contributed by atoms with E-state index in [1.54, 1.807) is 0 Å². The first-order valence-electron chi connectivity index (χ1n) is 6.38. The van der Waals surface area contributed by atoms with Gasteiger partial charge in [0.25, 0.3) is 0 Å². The van der Waals surface area contributed by atoms with Crippen molar-refractivity contribution in [2.45, 2.75) is 46.1 Å². The van der Waals surface area contributed by atoms with Crippen molar-refractivity contribution in [3.63, 3.8) is 0 Å². The van der Waals surface area contributed by atoms with Gasteiger partial charge in [0.2, 0.25) is 0 Å². The average molecular weight is 255 g/mol. The minimum Gasteiger partial charge on any atom is -0.396 e. The molecule has 0 saturated carbocycles. The Morgan fingerprint density at radius 2 is 2.00 bits per heavy atom. The third-order valence-electron chi connectivity index (χ3n) is 2.97. The standard InChI is InChI=1S/C14H23ClN2/c1-4-5-6-10-17(11(2)3)13-9-7-8-12(15)14(13)16/h7-9,11H,4-6,10,16H2,1-3H3. The van der Waals surface area contributed by atoms with Gasteiger partial charge in [-0.3, -0.25) is 0 Å². The molecule has 1 aromatic rings. The van der Waals surface area contributed by atoms with Crippen LogP contribution in [0, 0.1) is 0 Å². The maximum absolute atomic E-state index is 6.07. The zero-order valence-corrected chi connectivity index (χ0v) is 11.8. The number of nitrogens with two attached hydrogens (primary N) is 1. The molecule has 0 amide bonds. The Morgan fingerprint density at radius 3 is 2.59 bits per heavy atom. The highest BCUT2D eigenvalue weighted by molar-refractivity contribution is 6.33. The lowest BCUT2D eigenvalue weighted by Crippen LogP contribution is -2.32. The number of hydrogen-bond acceptors (Lipinski definition) is 2. The first kappa shape index (κ1) is 14.2. The maximum Gasteiger partial charge on any atom is 0.0741 e. The average Bonchev–Trinajstić information content (AvgIpc) is 2.29. The van der Waals surface area contributed by atoms with Crippen LogP contribution < -0.4 is 10.6 Å². The number of anilines is 2. The van der Waals surface area contributed by atoms with Crippen LogP contribution in [0.5, 0.6) is 0 Å². The lowest BCUT2D eigenvalue weighted by atomic mass is 10.1. The molecule has 0 radical (unpaired) electrons. The Labute approximate surface area is 110 Å². The van der Waals surface area contributed by atoms with Gasteiger partial charge in [0.1, 0.15) is 0 Å². The van der Waals surface area contributed by atoms with Gasteiger partial charge in [0, 0.05) is 12.6 Å². The van der Waals surface area contributed by atoms with Crippen LogP contribution in [-0.2, 0) is 0 Å². The van der Waals surface area contributed by atoms with E-state index in [0.29, 0.717) is 16.8 Å². The van der Waals surface area contributed by atoms with Crippen molar-refractivity contribution < 1.29 is 0 Å². The largest absolute Gasteiger partial charge is 0.396 e. The molecule has 2 N–H and O–H groups in total. The van der Waals surface area contributed by atoms with Crippen molar-refractivity contribution in [2.75, 3.05) is 17.2 Å². The molecule has 0 bridgehead atoms. The Kier molecular flexibility index (Phi) is 5.63. The number of rotatable bonds is 6. The maximum atomic E-state index is 6.07. The topological polar surface area (TPSA) is 29.3 Å². The number of benzene rings is 1. The van der Waals surface area contributed by atoms with Crippen molar-refractivity contribution in [1.29, 1.82) is 0 Å². The predicted octanol–water partition coefficient (Wildman–Crippen LogP) is 4.33. The first-order valence-corrected chi connectivity index (χ1v) is 6.76. The van der Waals surface area contributed by atoms with E-state index in [1.807, 2.05) is 18.2 Å². The SMILES string of the molecule is CCCCCN(c1cccc(Cl)c1N)C(C)C. The summed E-state index contributed by atoms with van der Waals surface area (Å²) in [6.07, 6.45) is 3.68. The molecule has 0 unspecified atom stereocenters. The number of nitrogen functional groups attached to an aromatic ring is 1. The third-order valence-corrected chi connectivity index (χ3v) is 3.29. The summed E-state index contributed by atoms with van der Waals surface area (Å²) in [4.78, 5) is 2.33. The number of halogens is 1. The molecule has 0 aliphatic carbocycles. The number of nitrogens with zero attached hydrogens (tertiary/aromatic N) is 1. The second-order valence-corrected chi connectivity index (χ2v) is 5.07. The van der Waals surface area contributed by atoms with Gasteiger partial charge < -0.3 is 10.6 Å². The Hall–Kier alpha value is -0.890. The van der Waals surface area contributed by atoms with Gasteiger partial charge in [-0.1, -0.05) is 37.4 Å². The van der Waals surface area contributed by atoms with Gasteiger partial charge in [-0.2, -0.15) is 0 Å². The van der Waals surface area contributed by atoms with Crippen LogP contribution >= 0.6 is 11.6 Å². The summed E-state index contributed by atoms with van der Waals surface area (Å²) in [6.45, 7) is 7.63. The van der Waals surface area contributed by atoms with Crippen LogP contribution in [-0.4, -0.2) is 12.6 Å². The van der Waals surface area contributed by atoms with E-state index in [0.717, 1.165) is 12.2 Å². The summed E-state index contributed by atoms with van der Waals surface area (Å²) in [7, 11) is 0. The Bertz CT molecular complexity index is 350. The normalized spacial score (nSPS) is 10.9. The van der Waals surface area contributed by atoms with Gasteiger partial charge in [0.15, 0.2) is 0 Å². The Balaban J connectivity index is 2.86. The molecule has 17 heavy (non-hydrogen) atoms. The van der Waals surface area contributed by atoms with Gasteiger partial charge in [-0.15, -0.1) is 0 Å². The van der Waals surface area contributed by atoms with Crippen LogP contribution in [0.1, 0.15) is 40.0 Å². The molecular formula is C14H23ClN2. The fraction of sp³-hybridized carbons (Fsp3) is 0.571. The van der Waals surface area contributed by atoms with E-state index in [2.05, 4.69) is 25.7 Å². The van der Waals surface area contributed by atoms with Crippen LogP contribution in [0.15, 0.2) is 18.2 Å². The molecule has 0 saturated heterocycles. The summed E-state index contributed by atoms with van der Waals surface area (Å²) < 4.78 is 0. The van der Waals surface area contributed by atoms with E-state index in [-0.39, 0.29) is 0 Å². The van der Waals surface area contributed by atoms with E-state index >= 15 is 0 Å². The van der Waals surface area contributed by atoms with Crippen LogP contribution in [0.25, 0.3) is 0 Å². The quantitative estimate of drug-likeness (QED) is 0.605. The summed E-state index contributed by atoms with van der Waals surface area (Å²) in [5.41, 5.74) is 7.80. The number of para-hydroxylation sites is 1. The number of unbranched alkanes of at least 4 members (excludes halogenated alkanes) is 2. The van der Waals surface area contributed by atoms with E-state index < -0.39 is 0 Å². The third kappa shape index (κ3) is 3.81. The summed E-state index contributed by atoms with van der Waals surface area (Å²) in [6, 6.07) is 6.29. The second-order valence-electron chi connectivity index (χ2n) is 4.67. The van der Waals surface area contributed by atoms with Crippen molar-refractivity contribution >= 4 is 23.0 Å². The van der Waals surface area contributed by atoms with Crippen LogP contribution in [0.2, 0.25) is 5.02 Å². The molecule has 0 aliphatic heterocycles. The summed E-state index contributed by atoms with van der Waals surface area (Å²) in [5, 5.41) is 0.642. The molecule has 0 heterocycles. The molecular weight excluding hydrogens is 232 g/mol. The molecule has 1 aromatic carbocycles. The minimum absolute atomic E-state index is 0.438. The van der Waals surface area contributed by atoms with E-state index in [1.165, 1.54) is 19.3 Å². The molecule has 0 atom stereocenters. The molecule has 1 rings (SSSR count). The smallest absolute Gasteiger partial charge is 0.0741 e.